The number of fused-ring (bicyclic) bond motifs is 1. The quantitative estimate of drug-likeness (QED) is 0.440. The smallest absolute Gasteiger partial charge is 0.165 e. The van der Waals surface area contributed by atoms with Crippen molar-refractivity contribution in [3.63, 3.8) is 0 Å². The van der Waals surface area contributed by atoms with E-state index in [1.54, 1.807) is 0 Å². The van der Waals surface area contributed by atoms with Crippen LogP contribution < -0.4 is 5.32 Å². The van der Waals surface area contributed by atoms with E-state index in [1.807, 2.05) is 66.0 Å². The minimum Gasteiger partial charge on any atom is -0.340 e. The maximum absolute atomic E-state index is 6.51. The van der Waals surface area contributed by atoms with E-state index in [4.69, 9.17) is 21.7 Å². The van der Waals surface area contributed by atoms with Crippen LogP contribution in [0, 0.1) is 6.92 Å². The maximum atomic E-state index is 6.51. The Morgan fingerprint density at radius 1 is 0.964 bits per heavy atom. The fourth-order valence-electron chi connectivity index (χ4n) is 3.25. The third-order valence-electron chi connectivity index (χ3n) is 4.72. The Kier molecular flexibility index (Phi) is 4.60. The van der Waals surface area contributed by atoms with Gasteiger partial charge in [-0.3, -0.25) is 0 Å². The summed E-state index contributed by atoms with van der Waals surface area (Å²) in [6.07, 6.45) is 0. The Morgan fingerprint density at radius 3 is 2.32 bits per heavy atom. The first kappa shape index (κ1) is 18.5. The van der Waals surface area contributed by atoms with Crippen LogP contribution in [0.5, 0.6) is 0 Å². The number of halogens is 1. The molecule has 0 bridgehead atoms. The van der Waals surface area contributed by atoms with Crippen LogP contribution in [0.4, 0.5) is 11.5 Å². The largest absolute Gasteiger partial charge is 0.340 e. The summed E-state index contributed by atoms with van der Waals surface area (Å²) >= 11 is 6.51. The summed E-state index contributed by atoms with van der Waals surface area (Å²) in [5, 5.41) is 8.97. The highest BCUT2D eigenvalue weighted by Gasteiger charge is 2.23. The molecule has 2 aromatic heterocycles. The Balaban J connectivity index is 2.00. The lowest BCUT2D eigenvalue weighted by Crippen LogP contribution is -2.16. The summed E-state index contributed by atoms with van der Waals surface area (Å²) in [6, 6.07) is 20.0. The van der Waals surface area contributed by atoms with Gasteiger partial charge in [-0.05, 0) is 25.1 Å². The second-order valence-electron chi connectivity index (χ2n) is 7.94. The number of benzene rings is 2. The number of hydrogen-bond acceptors (Lipinski definition) is 3. The average Bonchev–Trinajstić information content (AvgIpc) is 2.98. The van der Waals surface area contributed by atoms with Gasteiger partial charge in [0.1, 0.15) is 5.82 Å². The Labute approximate surface area is 170 Å². The zero-order chi connectivity index (χ0) is 19.9. The van der Waals surface area contributed by atoms with Crippen molar-refractivity contribution in [2.24, 2.45) is 0 Å². The van der Waals surface area contributed by atoms with Crippen molar-refractivity contribution >= 4 is 28.8 Å². The molecule has 0 unspecified atom stereocenters. The van der Waals surface area contributed by atoms with Gasteiger partial charge in [-0.25, -0.2) is 4.98 Å². The number of nitrogens with one attached hydrogen (secondary N) is 1. The van der Waals surface area contributed by atoms with E-state index in [9.17, 15) is 0 Å². The average molecular weight is 391 g/mol. The summed E-state index contributed by atoms with van der Waals surface area (Å²) in [6.45, 7) is 8.49. The molecule has 0 radical (unpaired) electrons. The standard InChI is InChI=1S/C23H23ClN4/c1-15-21(17-12-8-9-13-18(17)24)22-26-19(23(2,3)4)14-20(28(22)27-15)25-16-10-6-5-7-11-16/h5-14,25H,1-4H3. The molecule has 2 heterocycles. The molecule has 0 aliphatic carbocycles. The monoisotopic (exact) mass is 390 g/mol. The Bertz CT molecular complexity index is 1140. The van der Waals surface area contributed by atoms with Gasteiger partial charge in [0.15, 0.2) is 5.65 Å². The molecular formula is C23H23ClN4. The zero-order valence-corrected chi connectivity index (χ0v) is 17.2. The number of hydrogen-bond donors (Lipinski definition) is 1. The van der Waals surface area contributed by atoms with E-state index in [-0.39, 0.29) is 5.41 Å². The van der Waals surface area contributed by atoms with Crippen molar-refractivity contribution in [1.29, 1.82) is 0 Å². The summed E-state index contributed by atoms with van der Waals surface area (Å²) < 4.78 is 1.87. The molecule has 0 aliphatic heterocycles. The molecule has 4 nitrogen and oxygen atoms in total. The van der Waals surface area contributed by atoms with Crippen molar-refractivity contribution in [3.05, 3.63) is 77.1 Å². The number of aromatic nitrogens is 3. The fourth-order valence-corrected chi connectivity index (χ4v) is 3.48. The van der Waals surface area contributed by atoms with Gasteiger partial charge in [-0.15, -0.1) is 0 Å². The number of nitrogens with zero attached hydrogens (tertiary/aromatic N) is 3. The maximum Gasteiger partial charge on any atom is 0.165 e. The van der Waals surface area contributed by atoms with Gasteiger partial charge >= 0.3 is 0 Å². The molecule has 0 amide bonds. The minimum atomic E-state index is -0.106. The molecule has 28 heavy (non-hydrogen) atoms. The summed E-state index contributed by atoms with van der Waals surface area (Å²) in [5.41, 5.74) is 5.49. The van der Waals surface area contributed by atoms with Crippen LogP contribution in [-0.2, 0) is 5.41 Å². The van der Waals surface area contributed by atoms with Crippen LogP contribution in [-0.4, -0.2) is 14.6 Å². The molecule has 0 fully saturated rings. The fraction of sp³-hybridized carbons (Fsp3) is 0.217. The van der Waals surface area contributed by atoms with E-state index < -0.39 is 0 Å². The second kappa shape index (κ2) is 6.95. The molecule has 2 aromatic carbocycles. The molecule has 0 aliphatic rings. The van der Waals surface area contributed by atoms with Gasteiger partial charge in [0.25, 0.3) is 0 Å². The number of rotatable bonds is 3. The molecule has 0 atom stereocenters. The van der Waals surface area contributed by atoms with Crippen LogP contribution in [0.1, 0.15) is 32.2 Å². The molecule has 4 aromatic rings. The van der Waals surface area contributed by atoms with Crippen molar-refractivity contribution in [1.82, 2.24) is 14.6 Å². The van der Waals surface area contributed by atoms with Crippen LogP contribution in [0.3, 0.4) is 0 Å². The first-order valence-electron chi connectivity index (χ1n) is 9.32. The van der Waals surface area contributed by atoms with Crippen LogP contribution in [0.15, 0.2) is 60.7 Å². The third-order valence-corrected chi connectivity index (χ3v) is 5.05. The number of para-hydroxylation sites is 1. The molecule has 0 saturated carbocycles. The predicted octanol–water partition coefficient (Wildman–Crippen LogP) is 6.40. The van der Waals surface area contributed by atoms with E-state index in [0.29, 0.717) is 5.02 Å². The highest BCUT2D eigenvalue weighted by molar-refractivity contribution is 6.33. The van der Waals surface area contributed by atoms with Crippen molar-refractivity contribution < 1.29 is 0 Å². The predicted molar refractivity (Wildman–Crippen MR) is 117 cm³/mol. The van der Waals surface area contributed by atoms with Crippen LogP contribution >= 0.6 is 11.6 Å². The first-order valence-corrected chi connectivity index (χ1v) is 9.70. The minimum absolute atomic E-state index is 0.106. The molecular weight excluding hydrogens is 368 g/mol. The highest BCUT2D eigenvalue weighted by atomic mass is 35.5. The number of anilines is 2. The lowest BCUT2D eigenvalue weighted by molar-refractivity contribution is 0.569. The van der Waals surface area contributed by atoms with Gasteiger partial charge in [0, 0.05) is 27.8 Å². The third kappa shape index (κ3) is 3.36. The van der Waals surface area contributed by atoms with E-state index in [2.05, 4.69) is 32.2 Å². The molecule has 142 valence electrons. The topological polar surface area (TPSA) is 42.2 Å². The molecule has 0 spiro atoms. The molecule has 4 rings (SSSR count). The highest BCUT2D eigenvalue weighted by Crippen LogP contribution is 2.35. The Morgan fingerprint density at radius 2 is 1.64 bits per heavy atom. The summed E-state index contributed by atoms with van der Waals surface area (Å²) in [5.74, 6) is 0.877. The first-order chi connectivity index (χ1) is 13.3. The second-order valence-corrected chi connectivity index (χ2v) is 8.35. The van der Waals surface area contributed by atoms with Crippen molar-refractivity contribution in [3.8, 4) is 11.1 Å². The Hall–Kier alpha value is -2.85. The lowest BCUT2D eigenvalue weighted by Gasteiger charge is -2.20. The summed E-state index contributed by atoms with van der Waals surface area (Å²) in [7, 11) is 0. The van der Waals surface area contributed by atoms with Gasteiger partial charge in [0.2, 0.25) is 0 Å². The van der Waals surface area contributed by atoms with Gasteiger partial charge in [0.05, 0.1) is 17.0 Å². The summed E-state index contributed by atoms with van der Waals surface area (Å²) in [4.78, 5) is 4.99. The molecule has 1 N–H and O–H groups in total. The molecule has 0 saturated heterocycles. The van der Waals surface area contributed by atoms with Crippen LogP contribution in [0.2, 0.25) is 5.02 Å². The van der Waals surface area contributed by atoms with Crippen molar-refractivity contribution in [2.75, 3.05) is 5.32 Å². The zero-order valence-electron chi connectivity index (χ0n) is 16.5. The van der Waals surface area contributed by atoms with E-state index in [0.717, 1.165) is 39.7 Å². The van der Waals surface area contributed by atoms with E-state index >= 15 is 0 Å². The van der Waals surface area contributed by atoms with Crippen LogP contribution in [0.25, 0.3) is 16.8 Å². The normalized spacial score (nSPS) is 11.8. The molecule has 5 heteroatoms. The number of aryl methyl sites for hydroxylation is 1. The van der Waals surface area contributed by atoms with E-state index in [1.165, 1.54) is 0 Å². The lowest BCUT2D eigenvalue weighted by atomic mass is 9.92. The SMILES string of the molecule is Cc1nn2c(Nc3ccccc3)cc(C(C)(C)C)nc2c1-c1ccccc1Cl. The van der Waals surface area contributed by atoms with Gasteiger partial charge in [-0.2, -0.15) is 9.61 Å². The van der Waals surface area contributed by atoms with Gasteiger partial charge in [-0.1, -0.05) is 68.8 Å². The van der Waals surface area contributed by atoms with Crippen molar-refractivity contribution in [2.45, 2.75) is 33.1 Å². The van der Waals surface area contributed by atoms with Gasteiger partial charge < -0.3 is 5.32 Å².